The largest absolute Gasteiger partial charge is 0.342 e. The van der Waals surface area contributed by atoms with Gasteiger partial charge in [-0.25, -0.2) is 0 Å². The summed E-state index contributed by atoms with van der Waals surface area (Å²) in [5.41, 5.74) is 2.80. The molecule has 2 amide bonds. The quantitative estimate of drug-likeness (QED) is 0.656. The molecule has 0 unspecified atom stereocenters. The first-order valence-corrected chi connectivity index (χ1v) is 7.62. The van der Waals surface area contributed by atoms with Gasteiger partial charge in [0.05, 0.1) is 6.54 Å². The van der Waals surface area contributed by atoms with E-state index in [1.54, 1.807) is 24.3 Å². The topological polar surface area (TPSA) is 98.9 Å². The lowest BCUT2D eigenvalue weighted by molar-refractivity contribution is -0.115. The molecule has 0 saturated heterocycles. The molecule has 24 heavy (non-hydrogen) atoms. The average molecular weight is 370 g/mol. The first-order chi connectivity index (χ1) is 11.1. The van der Waals surface area contributed by atoms with Crippen molar-refractivity contribution in [2.24, 2.45) is 0 Å². The molecule has 128 valence electrons. The summed E-state index contributed by atoms with van der Waals surface area (Å²) in [4.78, 5) is 24.0. The van der Waals surface area contributed by atoms with Crippen molar-refractivity contribution < 1.29 is 9.59 Å². The monoisotopic (exact) mass is 369 g/mol. The van der Waals surface area contributed by atoms with Gasteiger partial charge in [0.15, 0.2) is 5.69 Å². The minimum absolute atomic E-state index is 0. The number of fused-ring (bicyclic) bond motifs is 1. The molecule has 9 heteroatoms. The predicted octanol–water partition coefficient (Wildman–Crippen LogP) is 1.50. The molecule has 1 aliphatic rings. The van der Waals surface area contributed by atoms with E-state index in [1.165, 1.54) is 0 Å². The van der Waals surface area contributed by atoms with E-state index in [-0.39, 0.29) is 30.8 Å². The van der Waals surface area contributed by atoms with Gasteiger partial charge in [-0.15, -0.1) is 12.4 Å². The number of anilines is 1. The molecule has 0 saturated carbocycles. The average Bonchev–Trinajstić information content (AvgIpc) is 2.99. The fourth-order valence-corrected chi connectivity index (χ4v) is 2.52. The summed E-state index contributed by atoms with van der Waals surface area (Å²) in [7, 11) is 0. The minimum atomic E-state index is -0.363. The highest BCUT2D eigenvalue weighted by molar-refractivity contribution is 6.30. The molecule has 2 heterocycles. The van der Waals surface area contributed by atoms with Crippen LogP contribution in [-0.4, -0.2) is 35.1 Å². The Kier molecular flexibility index (Phi) is 6.19. The summed E-state index contributed by atoms with van der Waals surface area (Å²) in [6.45, 7) is 1.34. The Hall–Kier alpha value is -2.09. The first kappa shape index (κ1) is 18.3. The summed E-state index contributed by atoms with van der Waals surface area (Å²) < 4.78 is 0. The number of nitrogens with one attached hydrogen (secondary N) is 4. The summed E-state index contributed by atoms with van der Waals surface area (Å²) in [6, 6.07) is 6.74. The molecule has 0 radical (unpaired) electrons. The molecule has 0 spiro atoms. The van der Waals surface area contributed by atoms with Gasteiger partial charge in [0.25, 0.3) is 5.91 Å². The van der Waals surface area contributed by atoms with Crippen LogP contribution in [0.1, 0.15) is 21.7 Å². The van der Waals surface area contributed by atoms with Crippen LogP contribution in [0.2, 0.25) is 5.02 Å². The second-order valence-electron chi connectivity index (χ2n) is 5.19. The van der Waals surface area contributed by atoms with Gasteiger partial charge < -0.3 is 16.0 Å². The number of carbonyl (C=O) groups excluding carboxylic acids is 2. The highest BCUT2D eigenvalue weighted by Crippen LogP contribution is 2.15. The van der Waals surface area contributed by atoms with Crippen LogP contribution in [0.3, 0.4) is 0 Å². The van der Waals surface area contributed by atoms with E-state index in [2.05, 4.69) is 26.1 Å². The van der Waals surface area contributed by atoms with Crippen LogP contribution in [0.25, 0.3) is 0 Å². The van der Waals surface area contributed by atoms with Crippen LogP contribution < -0.4 is 16.0 Å². The third kappa shape index (κ3) is 4.25. The molecule has 4 N–H and O–H groups in total. The summed E-state index contributed by atoms with van der Waals surface area (Å²) in [6.07, 6.45) is 0.812. The standard InChI is InChI=1S/C15H16ClN5O2.ClH/c16-9-1-3-10(4-2-9)19-13(22)8-18-15(23)14-11-7-17-6-5-12(11)20-21-14;/h1-4,17H,5-8H2,(H,18,23)(H,19,22)(H,20,21);1H. The smallest absolute Gasteiger partial charge is 0.272 e. The maximum absolute atomic E-state index is 12.2. The van der Waals surface area contributed by atoms with Gasteiger partial charge in [-0.1, -0.05) is 11.6 Å². The molecular formula is C15H17Cl2N5O2. The van der Waals surface area contributed by atoms with Crippen LogP contribution in [0.5, 0.6) is 0 Å². The third-order valence-corrected chi connectivity index (χ3v) is 3.81. The maximum Gasteiger partial charge on any atom is 0.272 e. The second-order valence-corrected chi connectivity index (χ2v) is 5.63. The van der Waals surface area contributed by atoms with Gasteiger partial charge in [0.1, 0.15) is 0 Å². The third-order valence-electron chi connectivity index (χ3n) is 3.56. The molecule has 7 nitrogen and oxygen atoms in total. The zero-order chi connectivity index (χ0) is 16.2. The zero-order valence-corrected chi connectivity index (χ0v) is 14.3. The van der Waals surface area contributed by atoms with Crippen LogP contribution in [0.4, 0.5) is 5.69 Å². The highest BCUT2D eigenvalue weighted by atomic mass is 35.5. The van der Waals surface area contributed by atoms with E-state index in [1.807, 2.05) is 0 Å². The number of nitrogens with zero attached hydrogens (tertiary/aromatic N) is 1. The lowest BCUT2D eigenvalue weighted by Crippen LogP contribution is -2.34. The van der Waals surface area contributed by atoms with Crippen LogP contribution in [-0.2, 0) is 17.8 Å². The first-order valence-electron chi connectivity index (χ1n) is 7.24. The fourth-order valence-electron chi connectivity index (χ4n) is 2.40. The van der Waals surface area contributed by atoms with E-state index in [4.69, 9.17) is 11.6 Å². The molecule has 0 bridgehead atoms. The molecule has 0 aliphatic carbocycles. The highest BCUT2D eigenvalue weighted by Gasteiger charge is 2.21. The Labute approximate surface area is 149 Å². The summed E-state index contributed by atoms with van der Waals surface area (Å²) in [5.74, 6) is -0.680. The Morgan fingerprint density at radius 1 is 1.25 bits per heavy atom. The number of H-pyrrole nitrogens is 1. The number of halogens is 2. The molecule has 0 atom stereocenters. The summed E-state index contributed by atoms with van der Waals surface area (Å²) in [5, 5.41) is 16.0. The van der Waals surface area contributed by atoms with Crippen molar-refractivity contribution in [3.8, 4) is 0 Å². The van der Waals surface area contributed by atoms with Crippen molar-refractivity contribution in [2.75, 3.05) is 18.4 Å². The Morgan fingerprint density at radius 2 is 2.00 bits per heavy atom. The zero-order valence-electron chi connectivity index (χ0n) is 12.7. The lowest BCUT2D eigenvalue weighted by Gasteiger charge is -2.12. The molecule has 0 fully saturated rings. The SMILES string of the molecule is Cl.O=C(CNC(=O)c1n[nH]c2c1CNCC2)Nc1ccc(Cl)cc1. The van der Waals surface area contributed by atoms with Gasteiger partial charge in [0, 0.05) is 41.5 Å². The maximum atomic E-state index is 12.2. The molecule has 2 aromatic rings. The van der Waals surface area contributed by atoms with E-state index < -0.39 is 0 Å². The molecule has 1 aromatic heterocycles. The molecule has 1 aromatic carbocycles. The lowest BCUT2D eigenvalue weighted by atomic mass is 10.1. The summed E-state index contributed by atoms with van der Waals surface area (Å²) >= 11 is 5.78. The Bertz CT molecular complexity index is 730. The Balaban J connectivity index is 0.00000208. The number of rotatable bonds is 4. The van der Waals surface area contributed by atoms with Crippen LogP contribution in [0, 0.1) is 0 Å². The number of aromatic amines is 1. The van der Waals surface area contributed by atoms with Crippen molar-refractivity contribution in [1.29, 1.82) is 0 Å². The van der Waals surface area contributed by atoms with Crippen LogP contribution >= 0.6 is 24.0 Å². The van der Waals surface area contributed by atoms with E-state index in [0.29, 0.717) is 22.9 Å². The minimum Gasteiger partial charge on any atom is -0.342 e. The molecule has 3 rings (SSSR count). The number of aromatic nitrogens is 2. The number of hydrogen-bond acceptors (Lipinski definition) is 4. The van der Waals surface area contributed by atoms with Crippen LogP contribution in [0.15, 0.2) is 24.3 Å². The van der Waals surface area contributed by atoms with E-state index in [9.17, 15) is 9.59 Å². The normalized spacial score (nSPS) is 12.7. The number of benzene rings is 1. The van der Waals surface area contributed by atoms with Crippen molar-refractivity contribution in [1.82, 2.24) is 20.8 Å². The van der Waals surface area contributed by atoms with E-state index >= 15 is 0 Å². The predicted molar refractivity (Wildman–Crippen MR) is 93.7 cm³/mol. The molecular weight excluding hydrogens is 353 g/mol. The van der Waals surface area contributed by atoms with Gasteiger partial charge in [0.2, 0.25) is 5.91 Å². The van der Waals surface area contributed by atoms with E-state index in [0.717, 1.165) is 24.2 Å². The van der Waals surface area contributed by atoms with Crippen molar-refractivity contribution >= 4 is 41.5 Å². The fraction of sp³-hybridized carbons (Fsp3) is 0.267. The van der Waals surface area contributed by atoms with Gasteiger partial charge in [-0.05, 0) is 24.3 Å². The van der Waals surface area contributed by atoms with Gasteiger partial charge >= 0.3 is 0 Å². The number of hydrogen-bond donors (Lipinski definition) is 4. The number of amides is 2. The van der Waals surface area contributed by atoms with Gasteiger partial charge in [-0.3, -0.25) is 14.7 Å². The number of carbonyl (C=O) groups is 2. The Morgan fingerprint density at radius 3 is 2.75 bits per heavy atom. The van der Waals surface area contributed by atoms with Gasteiger partial charge in [-0.2, -0.15) is 5.10 Å². The van der Waals surface area contributed by atoms with Crippen molar-refractivity contribution in [2.45, 2.75) is 13.0 Å². The molecule has 1 aliphatic heterocycles. The van der Waals surface area contributed by atoms with Crippen molar-refractivity contribution in [3.05, 3.63) is 46.2 Å². The van der Waals surface area contributed by atoms with Crippen molar-refractivity contribution in [3.63, 3.8) is 0 Å². The second kappa shape index (κ2) is 8.14.